The van der Waals surface area contributed by atoms with Crippen LogP contribution in [0.25, 0.3) is 10.9 Å². The van der Waals surface area contributed by atoms with E-state index in [1.54, 1.807) is 28.9 Å². The van der Waals surface area contributed by atoms with E-state index >= 15 is 0 Å². The van der Waals surface area contributed by atoms with Gasteiger partial charge in [-0.05, 0) is 79.8 Å². The number of carbonyl (C=O) groups is 2. The van der Waals surface area contributed by atoms with Gasteiger partial charge in [0.2, 0.25) is 5.91 Å². The molecule has 1 aliphatic rings. The molecule has 1 unspecified atom stereocenters. The summed E-state index contributed by atoms with van der Waals surface area (Å²) in [5.41, 5.74) is 3.38. The molecule has 2 amide bonds. The molecule has 3 aromatic carbocycles. The van der Waals surface area contributed by atoms with Crippen molar-refractivity contribution < 1.29 is 14.7 Å². The molecule has 5 rings (SSSR count). The number of amides is 2. The van der Waals surface area contributed by atoms with Crippen LogP contribution < -0.4 is 10.6 Å². The highest BCUT2D eigenvalue weighted by atomic mass is 79.9. The summed E-state index contributed by atoms with van der Waals surface area (Å²) in [6.45, 7) is 1.83. The van der Waals surface area contributed by atoms with Gasteiger partial charge in [0.05, 0.1) is 17.0 Å². The molecule has 1 saturated carbocycles. The summed E-state index contributed by atoms with van der Waals surface area (Å²) >= 11 is 3.49. The maximum Gasteiger partial charge on any atom is 0.273 e. The number of aromatic hydroxyl groups is 1. The van der Waals surface area contributed by atoms with Gasteiger partial charge in [0, 0.05) is 22.6 Å². The molecular formula is C28H27BrN4O3. The van der Waals surface area contributed by atoms with Gasteiger partial charge in [-0.1, -0.05) is 40.2 Å². The van der Waals surface area contributed by atoms with E-state index in [1.807, 2.05) is 56.4 Å². The summed E-state index contributed by atoms with van der Waals surface area (Å²) in [7, 11) is 1.83. The first-order valence-electron chi connectivity index (χ1n) is 11.9. The van der Waals surface area contributed by atoms with Gasteiger partial charge in [-0.3, -0.25) is 14.3 Å². The Bertz CT molecular complexity index is 1440. The molecule has 1 atom stereocenters. The van der Waals surface area contributed by atoms with Crippen LogP contribution in [0.1, 0.15) is 53.7 Å². The van der Waals surface area contributed by atoms with Crippen LogP contribution >= 0.6 is 15.9 Å². The second-order valence-corrected chi connectivity index (χ2v) is 10.3. The predicted octanol–water partition coefficient (Wildman–Crippen LogP) is 5.59. The van der Waals surface area contributed by atoms with Gasteiger partial charge in [0.15, 0.2) is 5.69 Å². The van der Waals surface area contributed by atoms with Crippen molar-refractivity contribution in [2.45, 2.75) is 37.6 Å². The highest BCUT2D eigenvalue weighted by Crippen LogP contribution is 2.42. The Kier molecular flexibility index (Phi) is 6.30. The Labute approximate surface area is 217 Å². The fraction of sp³-hybridized carbons (Fsp3) is 0.250. The van der Waals surface area contributed by atoms with Crippen molar-refractivity contribution in [3.8, 4) is 5.75 Å². The van der Waals surface area contributed by atoms with Gasteiger partial charge in [-0.15, -0.1) is 0 Å². The molecule has 184 valence electrons. The van der Waals surface area contributed by atoms with Gasteiger partial charge in [0.25, 0.3) is 5.91 Å². The zero-order valence-electron chi connectivity index (χ0n) is 20.1. The van der Waals surface area contributed by atoms with Crippen LogP contribution in [0.5, 0.6) is 5.75 Å². The molecule has 0 saturated heterocycles. The van der Waals surface area contributed by atoms with E-state index in [2.05, 4.69) is 31.7 Å². The standard InChI is InChI=1S/C28H27BrN4O3/c1-17(18-4-11-22(34)12-5-18)26(35)30-21-9-6-19(7-10-21)28(14-3-15-28)31-27(36)25-23-16-20(29)8-13-24(23)33(2)32-25/h4-13,16-17,34H,3,14-15H2,1-2H3,(H,30,35)(H,31,36). The molecule has 36 heavy (non-hydrogen) atoms. The van der Waals surface area contributed by atoms with Crippen LogP contribution in [0.4, 0.5) is 5.69 Å². The molecule has 0 spiro atoms. The summed E-state index contributed by atoms with van der Waals surface area (Å²) in [6, 6.07) is 20.1. The lowest BCUT2D eigenvalue weighted by molar-refractivity contribution is -0.117. The first kappa shape index (κ1) is 24.1. The van der Waals surface area contributed by atoms with Crippen LogP contribution in [-0.4, -0.2) is 26.7 Å². The molecule has 1 aromatic heterocycles. The van der Waals surface area contributed by atoms with Crippen molar-refractivity contribution in [1.29, 1.82) is 0 Å². The Morgan fingerprint density at radius 2 is 1.75 bits per heavy atom. The number of aryl methyl sites for hydroxylation is 1. The Balaban J connectivity index is 1.31. The zero-order chi connectivity index (χ0) is 25.4. The minimum absolute atomic E-state index is 0.131. The van der Waals surface area contributed by atoms with Crippen molar-refractivity contribution in [2.24, 2.45) is 7.05 Å². The number of halogens is 1. The lowest BCUT2D eigenvalue weighted by atomic mass is 9.71. The molecule has 7 nitrogen and oxygen atoms in total. The first-order chi connectivity index (χ1) is 17.3. The Hall–Kier alpha value is -3.65. The van der Waals surface area contributed by atoms with Crippen LogP contribution in [-0.2, 0) is 17.4 Å². The van der Waals surface area contributed by atoms with Crippen molar-refractivity contribution in [1.82, 2.24) is 15.1 Å². The summed E-state index contributed by atoms with van der Waals surface area (Å²) in [6.07, 6.45) is 2.71. The molecule has 8 heteroatoms. The lowest BCUT2D eigenvalue weighted by Gasteiger charge is -2.43. The smallest absolute Gasteiger partial charge is 0.273 e. The molecule has 1 fully saturated rings. The van der Waals surface area contributed by atoms with E-state index in [1.165, 1.54) is 0 Å². The highest BCUT2D eigenvalue weighted by Gasteiger charge is 2.40. The van der Waals surface area contributed by atoms with E-state index < -0.39 is 5.54 Å². The largest absolute Gasteiger partial charge is 0.508 e. The highest BCUT2D eigenvalue weighted by molar-refractivity contribution is 9.10. The number of rotatable bonds is 6. The topological polar surface area (TPSA) is 96.3 Å². The number of nitrogens with zero attached hydrogens (tertiary/aromatic N) is 2. The number of carbonyl (C=O) groups excluding carboxylic acids is 2. The van der Waals surface area contributed by atoms with Gasteiger partial charge >= 0.3 is 0 Å². The molecular weight excluding hydrogens is 520 g/mol. The van der Waals surface area contributed by atoms with Gasteiger partial charge in [-0.2, -0.15) is 5.10 Å². The summed E-state index contributed by atoms with van der Waals surface area (Å²) < 4.78 is 2.62. The zero-order valence-corrected chi connectivity index (χ0v) is 21.7. The van der Waals surface area contributed by atoms with Crippen LogP contribution in [0, 0.1) is 0 Å². The van der Waals surface area contributed by atoms with Gasteiger partial charge in [0.1, 0.15) is 5.75 Å². The molecule has 3 N–H and O–H groups in total. The normalized spacial score (nSPS) is 15.2. The van der Waals surface area contributed by atoms with E-state index in [-0.39, 0.29) is 23.5 Å². The number of phenols is 1. The van der Waals surface area contributed by atoms with Crippen molar-refractivity contribution in [3.05, 3.63) is 88.0 Å². The minimum atomic E-state index is -0.450. The van der Waals surface area contributed by atoms with Crippen molar-refractivity contribution in [2.75, 3.05) is 5.32 Å². The number of nitrogens with one attached hydrogen (secondary N) is 2. The maximum absolute atomic E-state index is 13.3. The Morgan fingerprint density at radius 3 is 2.39 bits per heavy atom. The maximum atomic E-state index is 13.3. The number of hydrogen-bond acceptors (Lipinski definition) is 4. The molecule has 4 aromatic rings. The van der Waals surface area contributed by atoms with E-state index in [0.29, 0.717) is 11.4 Å². The fourth-order valence-corrected chi connectivity index (χ4v) is 5.10. The number of fused-ring (bicyclic) bond motifs is 1. The monoisotopic (exact) mass is 546 g/mol. The van der Waals surface area contributed by atoms with Crippen LogP contribution in [0.15, 0.2) is 71.2 Å². The summed E-state index contributed by atoms with van der Waals surface area (Å²) in [5.74, 6) is -0.523. The molecule has 1 aliphatic carbocycles. The average Bonchev–Trinajstić information content (AvgIpc) is 3.17. The quantitative estimate of drug-likeness (QED) is 0.293. The van der Waals surface area contributed by atoms with Crippen molar-refractivity contribution >= 4 is 44.3 Å². The van der Waals surface area contributed by atoms with Crippen LogP contribution in [0.2, 0.25) is 0 Å². The summed E-state index contributed by atoms with van der Waals surface area (Å²) in [4.78, 5) is 26.1. The van der Waals surface area contributed by atoms with Gasteiger partial charge < -0.3 is 15.7 Å². The molecule has 1 heterocycles. The molecule has 0 bridgehead atoms. The fourth-order valence-electron chi connectivity index (χ4n) is 4.74. The third kappa shape index (κ3) is 4.48. The number of hydrogen-bond donors (Lipinski definition) is 3. The SMILES string of the molecule is CC(C(=O)Nc1ccc(C2(NC(=O)c3nn(C)c4ccc(Br)cc34)CCC2)cc1)c1ccc(O)cc1. The minimum Gasteiger partial charge on any atom is -0.508 e. The van der Waals surface area contributed by atoms with E-state index in [4.69, 9.17) is 0 Å². The molecule has 0 aliphatic heterocycles. The lowest BCUT2D eigenvalue weighted by Crippen LogP contribution is -2.50. The second kappa shape index (κ2) is 9.43. The van der Waals surface area contributed by atoms with Gasteiger partial charge in [-0.25, -0.2) is 0 Å². The summed E-state index contributed by atoms with van der Waals surface area (Å²) in [5, 5.41) is 21.0. The number of aromatic nitrogens is 2. The average molecular weight is 547 g/mol. The van der Waals surface area contributed by atoms with E-state index in [0.717, 1.165) is 45.8 Å². The number of phenolic OH excluding ortho intramolecular Hbond substituents is 1. The molecule has 0 radical (unpaired) electrons. The Morgan fingerprint density at radius 1 is 1.06 bits per heavy atom. The van der Waals surface area contributed by atoms with Crippen molar-refractivity contribution in [3.63, 3.8) is 0 Å². The predicted molar refractivity (Wildman–Crippen MR) is 143 cm³/mol. The second-order valence-electron chi connectivity index (χ2n) is 9.40. The third-order valence-electron chi connectivity index (χ3n) is 7.08. The first-order valence-corrected chi connectivity index (χ1v) is 12.7. The van der Waals surface area contributed by atoms with Crippen LogP contribution in [0.3, 0.4) is 0 Å². The van der Waals surface area contributed by atoms with E-state index in [9.17, 15) is 14.7 Å². The number of anilines is 1. The third-order valence-corrected chi connectivity index (χ3v) is 7.57. The number of benzene rings is 3.